The highest BCUT2D eigenvalue weighted by Crippen LogP contribution is 2.60. The van der Waals surface area contributed by atoms with Gasteiger partial charge in [0.25, 0.3) is 0 Å². The van der Waals surface area contributed by atoms with E-state index < -0.39 is 5.60 Å². The molecule has 1 aromatic carbocycles. The number of aliphatic hydroxyl groups is 1. The summed E-state index contributed by atoms with van der Waals surface area (Å²) in [4.78, 5) is 12.7. The second-order valence-electron chi connectivity index (χ2n) is 7.39. The standard InChI is InChI=1S/C20H23NO3/c1-19(23,17-9-5-11-24-17)13-21-18(22)16-12-20(16)10-4-7-14-6-2-3-8-15(14)20/h2-3,5-6,8-9,11,16,23H,4,7,10,12-13H2,1H3,(H,21,22). The van der Waals surface area contributed by atoms with E-state index in [-0.39, 0.29) is 23.8 Å². The predicted molar refractivity (Wildman–Crippen MR) is 90.5 cm³/mol. The molecule has 1 spiro atoms. The molecule has 2 N–H and O–H groups in total. The van der Waals surface area contributed by atoms with Crippen LogP contribution in [-0.4, -0.2) is 17.6 Å². The summed E-state index contributed by atoms with van der Waals surface area (Å²) >= 11 is 0. The van der Waals surface area contributed by atoms with Gasteiger partial charge >= 0.3 is 0 Å². The van der Waals surface area contributed by atoms with Crippen LogP contribution in [0.2, 0.25) is 0 Å². The van der Waals surface area contributed by atoms with Crippen molar-refractivity contribution < 1.29 is 14.3 Å². The number of carbonyl (C=O) groups is 1. The first-order chi connectivity index (χ1) is 11.5. The summed E-state index contributed by atoms with van der Waals surface area (Å²) in [6.45, 7) is 1.82. The van der Waals surface area contributed by atoms with Crippen molar-refractivity contribution >= 4 is 5.91 Å². The zero-order valence-corrected chi connectivity index (χ0v) is 13.9. The van der Waals surface area contributed by atoms with Gasteiger partial charge < -0.3 is 14.8 Å². The highest BCUT2D eigenvalue weighted by atomic mass is 16.4. The molecule has 1 heterocycles. The van der Waals surface area contributed by atoms with Crippen LogP contribution in [0.4, 0.5) is 0 Å². The van der Waals surface area contributed by atoms with Crippen LogP contribution >= 0.6 is 0 Å². The van der Waals surface area contributed by atoms with Crippen molar-refractivity contribution in [2.75, 3.05) is 6.54 Å². The molecule has 4 nitrogen and oxygen atoms in total. The lowest BCUT2D eigenvalue weighted by atomic mass is 9.78. The van der Waals surface area contributed by atoms with Crippen LogP contribution in [0.25, 0.3) is 0 Å². The van der Waals surface area contributed by atoms with Crippen molar-refractivity contribution in [3.63, 3.8) is 0 Å². The van der Waals surface area contributed by atoms with Gasteiger partial charge in [-0.2, -0.15) is 0 Å². The number of hydrogen-bond acceptors (Lipinski definition) is 3. The van der Waals surface area contributed by atoms with Crippen LogP contribution in [0.3, 0.4) is 0 Å². The van der Waals surface area contributed by atoms with E-state index in [0.29, 0.717) is 5.76 Å². The molecule has 1 saturated carbocycles. The fourth-order valence-corrected chi connectivity index (χ4v) is 4.23. The zero-order chi connectivity index (χ0) is 16.8. The van der Waals surface area contributed by atoms with E-state index in [1.165, 1.54) is 17.4 Å². The molecule has 126 valence electrons. The summed E-state index contributed by atoms with van der Waals surface area (Å²) in [5.74, 6) is 0.529. The molecule has 2 aliphatic carbocycles. The molecule has 0 bridgehead atoms. The van der Waals surface area contributed by atoms with Gasteiger partial charge in [-0.1, -0.05) is 24.3 Å². The molecular formula is C20H23NO3. The Bertz CT molecular complexity index is 750. The number of fused-ring (bicyclic) bond motifs is 2. The quantitative estimate of drug-likeness (QED) is 0.908. The minimum Gasteiger partial charge on any atom is -0.466 e. The lowest BCUT2D eigenvalue weighted by Gasteiger charge is -2.27. The molecule has 2 aliphatic rings. The Morgan fingerprint density at radius 3 is 3.00 bits per heavy atom. The summed E-state index contributed by atoms with van der Waals surface area (Å²) in [7, 11) is 0. The highest BCUT2D eigenvalue weighted by molar-refractivity contribution is 5.84. The molecule has 4 rings (SSSR count). The van der Waals surface area contributed by atoms with Crippen LogP contribution in [0, 0.1) is 5.92 Å². The van der Waals surface area contributed by atoms with E-state index in [2.05, 4.69) is 29.6 Å². The summed E-state index contributed by atoms with van der Waals surface area (Å²) in [5.41, 5.74) is 1.58. The van der Waals surface area contributed by atoms with Crippen molar-refractivity contribution in [3.05, 3.63) is 59.5 Å². The van der Waals surface area contributed by atoms with Gasteiger partial charge in [0.2, 0.25) is 5.91 Å². The third kappa shape index (κ3) is 2.46. The van der Waals surface area contributed by atoms with Gasteiger partial charge in [0.15, 0.2) is 0 Å². The molecule has 24 heavy (non-hydrogen) atoms. The van der Waals surface area contributed by atoms with Crippen molar-refractivity contribution in [1.82, 2.24) is 5.32 Å². The molecule has 4 heteroatoms. The Balaban J connectivity index is 1.45. The molecule has 3 unspecified atom stereocenters. The van der Waals surface area contributed by atoms with Crippen LogP contribution in [0.15, 0.2) is 47.1 Å². The molecule has 0 saturated heterocycles. The number of benzene rings is 1. The molecule has 1 aromatic heterocycles. The Kier molecular flexibility index (Phi) is 3.53. The zero-order valence-electron chi connectivity index (χ0n) is 13.9. The third-order valence-electron chi connectivity index (χ3n) is 5.67. The summed E-state index contributed by atoms with van der Waals surface area (Å²) < 4.78 is 5.26. The van der Waals surface area contributed by atoms with Gasteiger partial charge in [0, 0.05) is 11.3 Å². The third-order valence-corrected chi connectivity index (χ3v) is 5.67. The number of hydrogen-bond donors (Lipinski definition) is 2. The molecule has 0 radical (unpaired) electrons. The average molecular weight is 325 g/mol. The van der Waals surface area contributed by atoms with Gasteiger partial charge in [-0.05, 0) is 55.9 Å². The molecular weight excluding hydrogens is 302 g/mol. The van der Waals surface area contributed by atoms with E-state index in [1.807, 2.05) is 0 Å². The van der Waals surface area contributed by atoms with Gasteiger partial charge in [0.05, 0.1) is 12.8 Å². The van der Waals surface area contributed by atoms with Gasteiger partial charge in [-0.15, -0.1) is 0 Å². The summed E-state index contributed by atoms with van der Waals surface area (Å²) in [5, 5.41) is 13.4. The molecule has 0 aliphatic heterocycles. The monoisotopic (exact) mass is 325 g/mol. The van der Waals surface area contributed by atoms with Crippen LogP contribution < -0.4 is 5.32 Å². The van der Waals surface area contributed by atoms with Gasteiger partial charge in [-0.25, -0.2) is 0 Å². The average Bonchev–Trinajstić information content (AvgIpc) is 3.04. The SMILES string of the molecule is CC(O)(CNC(=O)C1CC12CCCc1ccccc12)c1ccco1. The topological polar surface area (TPSA) is 62.5 Å². The molecule has 3 atom stereocenters. The van der Waals surface area contributed by atoms with Gasteiger partial charge in [-0.3, -0.25) is 4.79 Å². The second-order valence-corrected chi connectivity index (χ2v) is 7.39. The van der Waals surface area contributed by atoms with Crippen LogP contribution in [0.1, 0.15) is 43.1 Å². The number of rotatable bonds is 4. The number of amides is 1. The first-order valence-electron chi connectivity index (χ1n) is 8.65. The van der Waals surface area contributed by atoms with Crippen molar-refractivity contribution in [3.8, 4) is 0 Å². The lowest BCUT2D eigenvalue weighted by molar-refractivity contribution is -0.124. The maximum atomic E-state index is 12.7. The first kappa shape index (κ1) is 15.5. The van der Waals surface area contributed by atoms with Crippen molar-refractivity contribution in [2.24, 2.45) is 5.92 Å². The minimum absolute atomic E-state index is 0.0198. The maximum Gasteiger partial charge on any atom is 0.224 e. The van der Waals surface area contributed by atoms with E-state index in [4.69, 9.17) is 4.42 Å². The van der Waals surface area contributed by atoms with E-state index >= 15 is 0 Å². The van der Waals surface area contributed by atoms with E-state index in [1.54, 1.807) is 19.1 Å². The fourth-order valence-electron chi connectivity index (χ4n) is 4.23. The Labute approximate surface area is 141 Å². The molecule has 1 fully saturated rings. The Morgan fingerprint density at radius 2 is 2.21 bits per heavy atom. The highest BCUT2D eigenvalue weighted by Gasteiger charge is 2.60. The predicted octanol–water partition coefficient (Wildman–Crippen LogP) is 2.90. The number of furan rings is 1. The normalized spacial score (nSPS) is 27.3. The van der Waals surface area contributed by atoms with Crippen molar-refractivity contribution in [1.29, 1.82) is 0 Å². The number of aryl methyl sites for hydroxylation is 1. The van der Waals surface area contributed by atoms with Crippen molar-refractivity contribution in [2.45, 2.75) is 43.6 Å². The number of nitrogens with one attached hydrogen (secondary N) is 1. The second kappa shape index (κ2) is 5.49. The summed E-state index contributed by atoms with van der Waals surface area (Å²) in [6.07, 6.45) is 5.78. The smallest absolute Gasteiger partial charge is 0.224 e. The van der Waals surface area contributed by atoms with Crippen LogP contribution in [0.5, 0.6) is 0 Å². The first-order valence-corrected chi connectivity index (χ1v) is 8.65. The molecule has 1 amide bonds. The maximum absolute atomic E-state index is 12.7. The largest absolute Gasteiger partial charge is 0.466 e. The fraction of sp³-hybridized carbons (Fsp3) is 0.450. The van der Waals surface area contributed by atoms with Crippen LogP contribution in [-0.2, 0) is 22.2 Å². The van der Waals surface area contributed by atoms with E-state index in [0.717, 1.165) is 25.7 Å². The minimum atomic E-state index is -1.19. The van der Waals surface area contributed by atoms with E-state index in [9.17, 15) is 9.90 Å². The Morgan fingerprint density at radius 1 is 1.38 bits per heavy atom. The number of carbonyl (C=O) groups excluding carboxylic acids is 1. The lowest BCUT2D eigenvalue weighted by Crippen LogP contribution is -2.40. The summed E-state index contributed by atoms with van der Waals surface area (Å²) in [6, 6.07) is 12.0. The van der Waals surface area contributed by atoms with Gasteiger partial charge in [0.1, 0.15) is 11.4 Å². The Hall–Kier alpha value is -2.07. The molecule has 2 aromatic rings.